The number of hydrazine groups is 1. The first-order valence-electron chi connectivity index (χ1n) is 7.17. The number of hydrogen-bond donors (Lipinski definition) is 2. The molecule has 3 unspecified atom stereocenters. The number of carbonyl (C=O) groups is 1. The highest BCUT2D eigenvalue weighted by molar-refractivity contribution is 7.84. The van der Waals surface area contributed by atoms with Crippen LogP contribution in [-0.2, 0) is 15.6 Å². The number of carbonyl (C=O) groups excluding carboxylic acids is 1. The molecule has 6 heteroatoms. The van der Waals surface area contributed by atoms with Crippen LogP contribution in [0.5, 0.6) is 5.75 Å². The van der Waals surface area contributed by atoms with Gasteiger partial charge in [0.05, 0.1) is 17.9 Å². The maximum Gasteiger partial charge on any atom is 0.234 e. The summed E-state index contributed by atoms with van der Waals surface area (Å²) in [6.45, 7) is 4.01. The Kier molecular flexibility index (Phi) is 5.37. The smallest absolute Gasteiger partial charge is 0.234 e. The highest BCUT2D eigenvalue weighted by Gasteiger charge is 2.24. The number of hydrogen-bond acceptors (Lipinski definition) is 4. The summed E-state index contributed by atoms with van der Waals surface area (Å²) < 4.78 is 17.2. The quantitative estimate of drug-likeness (QED) is 0.888. The number of ether oxygens (including phenoxy) is 1. The number of allylic oxidation sites excluding steroid dienone is 1. The average molecular weight is 322 g/mol. The standard InChI is InChI=1S/C16H22N2O3S/c1-10(7-14-11(2)8-16(19)18-17-14)13-9-12(21-3)5-6-15(13)22(4)20/h5-7,9,11,14,17H,8H2,1-4H3,(H,18,19)/b10-7+. The highest BCUT2D eigenvalue weighted by Crippen LogP contribution is 2.28. The van der Waals surface area contributed by atoms with E-state index in [-0.39, 0.29) is 17.9 Å². The molecule has 0 radical (unpaired) electrons. The SMILES string of the molecule is COc1ccc(S(C)=O)c(/C(C)=C/C2NNC(=O)CC2C)c1. The summed E-state index contributed by atoms with van der Waals surface area (Å²) >= 11 is 0. The Labute approximate surface area is 133 Å². The Morgan fingerprint density at radius 3 is 2.77 bits per heavy atom. The lowest BCUT2D eigenvalue weighted by Gasteiger charge is -2.28. The molecule has 1 saturated heterocycles. The Hall–Kier alpha value is -1.66. The lowest BCUT2D eigenvalue weighted by molar-refractivity contribution is -0.125. The summed E-state index contributed by atoms with van der Waals surface area (Å²) in [7, 11) is 0.533. The van der Waals surface area contributed by atoms with Crippen molar-refractivity contribution in [1.29, 1.82) is 0 Å². The molecule has 0 spiro atoms. The molecule has 3 atom stereocenters. The predicted molar refractivity (Wildman–Crippen MR) is 87.8 cm³/mol. The van der Waals surface area contributed by atoms with Gasteiger partial charge >= 0.3 is 0 Å². The van der Waals surface area contributed by atoms with Crippen LogP contribution in [-0.4, -0.2) is 29.5 Å². The van der Waals surface area contributed by atoms with Crippen molar-refractivity contribution >= 4 is 22.3 Å². The number of amides is 1. The molecular weight excluding hydrogens is 300 g/mol. The first kappa shape index (κ1) is 16.7. The van der Waals surface area contributed by atoms with Crippen LogP contribution < -0.4 is 15.6 Å². The van der Waals surface area contributed by atoms with Gasteiger partial charge < -0.3 is 4.74 Å². The zero-order chi connectivity index (χ0) is 16.3. The second-order valence-electron chi connectivity index (χ2n) is 5.57. The molecule has 2 rings (SSSR count). The maximum atomic E-state index is 11.9. The van der Waals surface area contributed by atoms with Crippen molar-refractivity contribution < 1.29 is 13.7 Å². The fourth-order valence-electron chi connectivity index (χ4n) is 2.54. The second-order valence-corrected chi connectivity index (χ2v) is 6.91. The molecule has 2 N–H and O–H groups in total. The van der Waals surface area contributed by atoms with Gasteiger partial charge in [0.2, 0.25) is 5.91 Å². The van der Waals surface area contributed by atoms with E-state index in [0.717, 1.165) is 21.8 Å². The predicted octanol–water partition coefficient (Wildman–Crippen LogP) is 1.87. The molecule has 0 aromatic heterocycles. The minimum absolute atomic E-state index is 0.00605. The summed E-state index contributed by atoms with van der Waals surface area (Å²) in [5.74, 6) is 0.936. The summed E-state index contributed by atoms with van der Waals surface area (Å²) in [5, 5.41) is 0. The summed E-state index contributed by atoms with van der Waals surface area (Å²) in [6.07, 6.45) is 4.22. The van der Waals surface area contributed by atoms with Crippen molar-refractivity contribution in [2.24, 2.45) is 5.92 Å². The minimum atomic E-state index is -1.08. The van der Waals surface area contributed by atoms with Crippen LogP contribution in [0.25, 0.3) is 5.57 Å². The zero-order valence-corrected chi connectivity index (χ0v) is 14.1. The molecule has 1 amide bonds. The van der Waals surface area contributed by atoms with E-state index >= 15 is 0 Å². The van der Waals surface area contributed by atoms with Crippen molar-refractivity contribution in [3.05, 3.63) is 29.8 Å². The van der Waals surface area contributed by atoms with Gasteiger partial charge in [-0.25, -0.2) is 5.43 Å². The minimum Gasteiger partial charge on any atom is -0.497 e. The van der Waals surface area contributed by atoms with Crippen molar-refractivity contribution in [2.75, 3.05) is 13.4 Å². The molecule has 1 aliphatic rings. The van der Waals surface area contributed by atoms with Crippen LogP contribution in [0, 0.1) is 5.92 Å². The topological polar surface area (TPSA) is 67.4 Å². The van der Waals surface area contributed by atoms with Gasteiger partial charge in [-0.05, 0) is 42.2 Å². The molecule has 1 fully saturated rings. The monoisotopic (exact) mass is 322 g/mol. The fraction of sp³-hybridized carbons (Fsp3) is 0.438. The van der Waals surface area contributed by atoms with Crippen LogP contribution >= 0.6 is 0 Å². The number of rotatable bonds is 4. The molecule has 0 bridgehead atoms. The van der Waals surface area contributed by atoms with Crippen LogP contribution in [0.3, 0.4) is 0 Å². The largest absolute Gasteiger partial charge is 0.497 e. The van der Waals surface area contributed by atoms with Crippen molar-refractivity contribution in [2.45, 2.75) is 31.2 Å². The van der Waals surface area contributed by atoms with Crippen molar-refractivity contribution in [1.82, 2.24) is 10.9 Å². The van der Waals surface area contributed by atoms with E-state index in [4.69, 9.17) is 4.74 Å². The molecule has 0 saturated carbocycles. The van der Waals surface area contributed by atoms with Crippen LogP contribution in [0.1, 0.15) is 25.8 Å². The normalized spacial score (nSPS) is 23.8. The van der Waals surface area contributed by atoms with E-state index in [1.807, 2.05) is 32.0 Å². The van der Waals surface area contributed by atoms with Gasteiger partial charge in [-0.3, -0.25) is 14.4 Å². The first-order valence-corrected chi connectivity index (χ1v) is 8.72. The summed E-state index contributed by atoms with van der Waals surface area (Å²) in [6, 6.07) is 5.59. The van der Waals surface area contributed by atoms with Gasteiger partial charge in [0, 0.05) is 23.6 Å². The third-order valence-electron chi connectivity index (χ3n) is 3.85. The Morgan fingerprint density at radius 2 is 2.18 bits per heavy atom. The van der Waals surface area contributed by atoms with E-state index < -0.39 is 10.8 Å². The molecule has 1 aromatic carbocycles. The summed E-state index contributed by atoms with van der Waals surface area (Å²) in [5.41, 5.74) is 7.59. The van der Waals surface area contributed by atoms with Crippen molar-refractivity contribution in [3.63, 3.8) is 0 Å². The molecular formula is C16H22N2O3S. The lowest BCUT2D eigenvalue weighted by atomic mass is 9.93. The van der Waals surface area contributed by atoms with Crippen LogP contribution in [0.15, 0.2) is 29.2 Å². The van der Waals surface area contributed by atoms with Crippen LogP contribution in [0.2, 0.25) is 0 Å². The Bertz CT molecular complexity index is 628. The summed E-state index contributed by atoms with van der Waals surface area (Å²) in [4.78, 5) is 12.1. The zero-order valence-electron chi connectivity index (χ0n) is 13.3. The average Bonchev–Trinajstić information content (AvgIpc) is 2.49. The number of benzene rings is 1. The van der Waals surface area contributed by atoms with E-state index in [0.29, 0.717) is 6.42 Å². The van der Waals surface area contributed by atoms with E-state index in [9.17, 15) is 9.00 Å². The van der Waals surface area contributed by atoms with E-state index in [2.05, 4.69) is 16.9 Å². The molecule has 0 aliphatic carbocycles. The van der Waals surface area contributed by atoms with Gasteiger partial charge in [-0.1, -0.05) is 13.0 Å². The number of methoxy groups -OCH3 is 1. The lowest BCUT2D eigenvalue weighted by Crippen LogP contribution is -2.52. The van der Waals surface area contributed by atoms with Gasteiger partial charge in [0.1, 0.15) is 5.75 Å². The molecule has 1 heterocycles. The molecule has 1 aromatic rings. The fourth-order valence-corrected chi connectivity index (χ4v) is 3.33. The van der Waals surface area contributed by atoms with Gasteiger partial charge in [0.25, 0.3) is 0 Å². The van der Waals surface area contributed by atoms with Crippen LogP contribution in [0.4, 0.5) is 0 Å². The van der Waals surface area contributed by atoms with Gasteiger partial charge in [-0.15, -0.1) is 0 Å². The van der Waals surface area contributed by atoms with Gasteiger partial charge in [-0.2, -0.15) is 0 Å². The molecule has 120 valence electrons. The molecule has 5 nitrogen and oxygen atoms in total. The Balaban J connectivity index is 2.35. The maximum absolute atomic E-state index is 11.9. The Morgan fingerprint density at radius 1 is 1.45 bits per heavy atom. The molecule has 1 aliphatic heterocycles. The second kappa shape index (κ2) is 7.07. The third-order valence-corrected chi connectivity index (χ3v) is 4.82. The number of nitrogens with one attached hydrogen (secondary N) is 2. The van der Waals surface area contributed by atoms with Crippen molar-refractivity contribution in [3.8, 4) is 5.75 Å². The van der Waals surface area contributed by atoms with E-state index in [1.54, 1.807) is 13.4 Å². The first-order chi connectivity index (χ1) is 10.4. The molecule has 22 heavy (non-hydrogen) atoms. The van der Waals surface area contributed by atoms with Gasteiger partial charge in [0.15, 0.2) is 0 Å². The third kappa shape index (κ3) is 3.75. The highest BCUT2D eigenvalue weighted by atomic mass is 32.2. The van der Waals surface area contributed by atoms with E-state index in [1.165, 1.54) is 0 Å².